The third kappa shape index (κ3) is 87.1. The number of nitrogens with two attached hydrogens (primary N) is 1. The Morgan fingerprint density at radius 3 is 0.867 bits per heavy atom. The molecule has 2 aromatic carbocycles. The Labute approximate surface area is 737 Å². The molecular weight excluding hydrogens is 2260 g/mol. The number of aromatic nitrogens is 12. The second kappa shape index (κ2) is 179. The number of methoxy groups -OCH3 is 2. The Balaban J connectivity index is -0.0000000501. The number of carboxylic acids is 1. The normalized spacial score (nSPS) is 8.39. The predicted molar refractivity (Wildman–Crippen MR) is 343 cm³/mol. The van der Waals surface area contributed by atoms with E-state index in [0.29, 0.717) is 83.5 Å². The van der Waals surface area contributed by atoms with Crippen molar-refractivity contribution >= 4 is 46.7 Å². The van der Waals surface area contributed by atoms with E-state index < -0.39 is 5.97 Å². The molecule has 2 aliphatic rings. The fourth-order valence-electron chi connectivity index (χ4n) is 8.18. The van der Waals surface area contributed by atoms with Gasteiger partial charge in [0, 0.05) is 396 Å². The summed E-state index contributed by atoms with van der Waals surface area (Å²) in [6.07, 6.45) is 9.00. The number of rotatable bonds is 9. The number of carboxylic acid groups (broad SMARTS) is 1. The van der Waals surface area contributed by atoms with Crippen molar-refractivity contribution in [1.82, 2.24) is 69.2 Å². The van der Waals surface area contributed by atoms with Gasteiger partial charge in [-0.3, -0.25) is 23.8 Å². The highest BCUT2D eigenvalue weighted by Gasteiger charge is 2.37. The molecular formula is C50H46F68N16O9. The van der Waals surface area contributed by atoms with Crippen molar-refractivity contribution < 1.29 is 354 Å². The molecule has 10 heterocycles. The number of H-pyrrole nitrogens is 2. The van der Waals surface area contributed by atoms with Crippen LogP contribution in [0, 0.1) is 13.8 Å². The highest BCUT2D eigenvalue weighted by atomic mass is 20.1. The summed E-state index contributed by atoms with van der Waals surface area (Å²) in [6, 6.07) is 22.3. The van der Waals surface area contributed by atoms with Crippen LogP contribution in [0.5, 0.6) is 0 Å². The summed E-state index contributed by atoms with van der Waals surface area (Å²) >= 11 is 0. The van der Waals surface area contributed by atoms with Crippen LogP contribution in [0.4, 0.5) is 332 Å². The number of aryl methyl sites for hydroxylation is 2. The zero-order chi connectivity index (χ0) is 120. The Morgan fingerprint density at radius 2 is 0.615 bits per heavy atom. The van der Waals surface area contributed by atoms with Crippen LogP contribution in [0.3, 0.4) is 0 Å². The molecule has 2 aliphatic heterocycles. The van der Waals surface area contributed by atoms with Gasteiger partial charge in [-0.05, 0) is 73.5 Å². The van der Waals surface area contributed by atoms with E-state index in [0.717, 1.165) is 39.2 Å². The van der Waals surface area contributed by atoms with Crippen LogP contribution in [0.1, 0.15) is 55.7 Å². The lowest BCUT2D eigenvalue weighted by Crippen LogP contribution is -2.48. The third-order valence-corrected chi connectivity index (χ3v) is 12.6. The minimum Gasteiger partial charge on any atom is -0.477 e. The van der Waals surface area contributed by atoms with E-state index in [1.54, 1.807) is 51.3 Å². The Bertz CT molecular complexity index is 3840. The molecule has 2 fully saturated rings. The molecule has 0 saturated carbocycles. The van der Waals surface area contributed by atoms with Crippen molar-refractivity contribution in [2.75, 3.05) is 51.4 Å². The number of anilines is 2. The molecule has 0 atom stereocenters. The van der Waals surface area contributed by atoms with Crippen molar-refractivity contribution in [3.05, 3.63) is 144 Å². The SMILES string of the molecule is COC(=O)N1CC(c2nc(-c3ccc(C)c(N)c3)no2)C1.COC(=O)N1CC(c2nc(-c3ccc(C)c(NC(=O)c4cnc5cc(-c6ccn[nH]6)ccn45)c3)no2)C1.FF.FF.FF.FF.FF.FF.FF.FF.FF.FF.FF.FF.FF.FF.FF.FF.FF.FF.FF.FF.FF.FF.FF.FF.FF.FF.FF.FF.FF.FF.FF.FF.FF.FF.O=C(O)c1cnc2cc(-c3ccn[nH]3)ccn12. The van der Waals surface area contributed by atoms with E-state index in [-0.39, 0.29) is 35.6 Å². The minimum absolute atomic E-state index is 0.0334. The summed E-state index contributed by atoms with van der Waals surface area (Å²) in [5, 5.41) is 33.6. The van der Waals surface area contributed by atoms with Crippen LogP contribution in [-0.4, -0.2) is 139 Å². The molecule has 93 heteroatoms. The number of hydrogen-bond acceptors (Lipinski definition) is 17. The van der Waals surface area contributed by atoms with Crippen LogP contribution in [-0.2, 0) is 9.47 Å². The van der Waals surface area contributed by atoms with Gasteiger partial charge in [0.2, 0.25) is 23.4 Å². The maximum atomic E-state index is 13.2. The van der Waals surface area contributed by atoms with Crippen molar-refractivity contribution in [2.24, 2.45) is 0 Å². The van der Waals surface area contributed by atoms with Crippen molar-refractivity contribution in [3.8, 4) is 45.3 Å². The molecule has 10 aromatic rings. The summed E-state index contributed by atoms with van der Waals surface area (Å²) in [4.78, 5) is 67.4. The number of hydrogen-bond donors (Lipinski definition) is 5. The molecule has 143 heavy (non-hydrogen) atoms. The van der Waals surface area contributed by atoms with Crippen LogP contribution in [0.2, 0.25) is 0 Å². The highest BCUT2D eigenvalue weighted by Crippen LogP contribution is 2.32. The van der Waals surface area contributed by atoms with E-state index in [9.17, 15) is 19.2 Å². The van der Waals surface area contributed by atoms with E-state index in [2.05, 4.69) is 60.7 Å². The van der Waals surface area contributed by atoms with E-state index in [1.807, 2.05) is 80.6 Å². The molecule has 0 spiro atoms. The summed E-state index contributed by atoms with van der Waals surface area (Å²) in [5.74, 6) is 0.643. The van der Waals surface area contributed by atoms with Gasteiger partial charge >= 0.3 is 18.2 Å². The number of aromatic amines is 2. The quantitative estimate of drug-likeness (QED) is 0.0662. The number of benzene rings is 2. The Morgan fingerprint density at radius 1 is 0.357 bits per heavy atom. The van der Waals surface area contributed by atoms with Gasteiger partial charge in [0.1, 0.15) is 17.0 Å². The van der Waals surface area contributed by atoms with Crippen LogP contribution in [0.15, 0.2) is 119 Å². The van der Waals surface area contributed by atoms with Crippen molar-refractivity contribution in [2.45, 2.75) is 25.7 Å². The fourth-order valence-corrected chi connectivity index (χ4v) is 8.18. The second-order valence-electron chi connectivity index (χ2n) is 17.4. The summed E-state index contributed by atoms with van der Waals surface area (Å²) in [5.41, 5.74) is 16.0. The standard InChI is InChI=1S/C25H22N8O4.C14H16N4O3.C11H8N4O2.34F2/c1-14-3-4-16(22-29-24(37-31-22)17-12-32(13-17)25(35)36-2)9-19(14)28-23(34)20-11-26-21-10-15(6-8-33(20)21)18-5-7-27-30-18;1-8-3-4-9(5-11(8)15)12-16-13(21-17-12)10-6-18(7-10)14(19)20-2;16-11(17)9-6-12-10-5-7(2-4-15(9)10)8-1-3-13-14-8;34*1-2/h3-11,17H,12-13H2,1-2H3,(H,27,30)(H,28,34);3-5,10H,6-7,15H2,1-2H3;1-6H,(H,13,14)(H,16,17);;;;;;;;;;;;;;;;;;;;;;;;;;;;;;;;;;. The zero-order valence-corrected chi connectivity index (χ0v) is 66.2. The van der Waals surface area contributed by atoms with Crippen LogP contribution < -0.4 is 11.1 Å². The number of imidazole rings is 2. The lowest BCUT2D eigenvalue weighted by atomic mass is 10.0. The molecule has 856 valence electrons. The Kier molecular flexibility index (Phi) is 244. The minimum atomic E-state index is -0.994. The predicted octanol–water partition coefficient (Wildman–Crippen LogP) is 35.3. The number of carbonyl (C=O) groups excluding carboxylic acids is 3. The highest BCUT2D eigenvalue weighted by molar-refractivity contribution is 6.04. The largest absolute Gasteiger partial charge is 0.477 e. The van der Waals surface area contributed by atoms with Gasteiger partial charge in [-0.1, -0.05) is 34.6 Å². The molecule has 12 rings (SSSR count). The van der Waals surface area contributed by atoms with E-state index in [1.165, 1.54) is 24.8 Å². The van der Waals surface area contributed by atoms with E-state index >= 15 is 0 Å². The monoisotopic (exact) mass is 2310 g/mol. The number of nitrogens with zero attached hydrogens (tertiary/aromatic N) is 12. The smallest absolute Gasteiger partial charge is 0.409 e. The van der Waals surface area contributed by atoms with Gasteiger partial charge in [-0.2, -0.15) is 20.2 Å². The van der Waals surface area contributed by atoms with Gasteiger partial charge in [0.05, 0.1) is 49.8 Å². The zero-order valence-electron chi connectivity index (χ0n) is 66.2. The number of halogens is 68. The molecule has 0 radical (unpaired) electrons. The maximum Gasteiger partial charge on any atom is 0.409 e. The summed E-state index contributed by atoms with van der Waals surface area (Å²) < 4.78 is 567. The lowest BCUT2D eigenvalue weighted by Gasteiger charge is -2.35. The maximum absolute atomic E-state index is 13.2. The number of amides is 3. The van der Waals surface area contributed by atoms with Crippen molar-refractivity contribution in [3.63, 3.8) is 0 Å². The number of ether oxygens (including phenoxy) is 2. The average Bonchev–Trinajstić information content (AvgIpc) is 1.55. The molecule has 0 unspecified atom stereocenters. The molecule has 6 N–H and O–H groups in total. The first-order chi connectivity index (χ1) is 70.3. The summed E-state index contributed by atoms with van der Waals surface area (Å²) in [7, 11) is 2.71. The topological polar surface area (TPSA) is 321 Å². The number of nitrogens with one attached hydrogen (secondary N) is 3. The first-order valence-corrected chi connectivity index (χ1v) is 28.0. The second-order valence-corrected chi connectivity index (χ2v) is 17.4. The number of pyridine rings is 2. The van der Waals surface area contributed by atoms with Gasteiger partial charge in [-0.25, -0.2) is 24.4 Å². The van der Waals surface area contributed by atoms with E-state index in [4.69, 9.17) is 336 Å². The van der Waals surface area contributed by atoms with Gasteiger partial charge < -0.3 is 44.5 Å². The average molecular weight is 2310 g/mol. The lowest BCUT2D eigenvalue weighted by molar-refractivity contribution is 0.0687. The van der Waals surface area contributed by atoms with Gasteiger partial charge in [-0.15, -0.1) is 0 Å². The number of likely N-dealkylation sites (tertiary alicyclic amines) is 2. The molecule has 25 nitrogen and oxygen atoms in total. The molecule has 3 amide bonds. The Hall–Kier alpha value is -15.0. The molecule has 2 saturated heterocycles. The van der Waals surface area contributed by atoms with Crippen LogP contribution >= 0.6 is 0 Å². The molecule has 0 bridgehead atoms. The number of fused-ring (bicyclic) bond motifs is 2. The summed E-state index contributed by atoms with van der Waals surface area (Å²) in [6.45, 7) is 5.84. The molecule has 0 aliphatic carbocycles. The molecule has 8 aromatic heterocycles. The number of carbonyl (C=O) groups is 4. The van der Waals surface area contributed by atoms with Gasteiger partial charge in [0.15, 0.2) is 5.69 Å². The fraction of sp³-hybridized carbons (Fsp3) is 0.200. The number of aromatic carboxylic acids is 1. The number of nitrogen functional groups attached to an aromatic ring is 1. The first kappa shape index (κ1) is 195. The van der Waals surface area contributed by atoms with Gasteiger partial charge in [0.25, 0.3) is 5.91 Å². The first-order valence-electron chi connectivity index (χ1n) is 28.0. The van der Waals surface area contributed by atoms with Crippen LogP contribution in [0.25, 0.3) is 56.6 Å². The third-order valence-electron chi connectivity index (χ3n) is 12.6. The van der Waals surface area contributed by atoms with Crippen molar-refractivity contribution in [1.29, 1.82) is 0 Å².